The second kappa shape index (κ2) is 8.44. The normalized spacial score (nSPS) is 14.2. The number of hydrogen-bond donors (Lipinski definition) is 4. The van der Waals surface area contributed by atoms with Gasteiger partial charge in [-0.3, -0.25) is 0 Å². The highest BCUT2D eigenvalue weighted by molar-refractivity contribution is 5.88. The number of carboxylic acids is 1. The van der Waals surface area contributed by atoms with Crippen LogP contribution >= 0.6 is 0 Å². The quantitative estimate of drug-likeness (QED) is 0.582. The van der Waals surface area contributed by atoms with Crippen LogP contribution < -0.4 is 10.1 Å². The summed E-state index contributed by atoms with van der Waals surface area (Å²) in [4.78, 5) is 22.6. The number of carboxylic acid groups (broad SMARTS) is 1. The van der Waals surface area contributed by atoms with E-state index >= 15 is 0 Å². The Morgan fingerprint density at radius 1 is 1.15 bits per heavy atom. The number of benzene rings is 1. The van der Waals surface area contributed by atoms with Gasteiger partial charge in [0.05, 0.1) is 5.56 Å². The average molecular weight is 395 g/mol. The first kappa shape index (κ1) is 22.5. The zero-order valence-corrected chi connectivity index (χ0v) is 14.7. The molecule has 0 aromatic heterocycles. The fourth-order valence-corrected chi connectivity index (χ4v) is 1.94. The Morgan fingerprint density at radius 2 is 1.74 bits per heavy atom. The van der Waals surface area contributed by atoms with E-state index in [0.717, 1.165) is 12.1 Å². The van der Waals surface area contributed by atoms with Crippen LogP contribution in [-0.4, -0.2) is 52.0 Å². The van der Waals surface area contributed by atoms with Gasteiger partial charge in [0.15, 0.2) is 0 Å². The van der Waals surface area contributed by atoms with Crippen molar-refractivity contribution < 1.29 is 47.6 Å². The lowest BCUT2D eigenvalue weighted by atomic mass is 10.0. The molecular formula is C16H20F3NO7. The third-order valence-corrected chi connectivity index (χ3v) is 2.97. The molecule has 8 nitrogen and oxygen atoms in total. The summed E-state index contributed by atoms with van der Waals surface area (Å²) in [5.74, 6) is -2.43. The van der Waals surface area contributed by atoms with Gasteiger partial charge in [-0.1, -0.05) is 0 Å². The van der Waals surface area contributed by atoms with Gasteiger partial charge in [-0.2, -0.15) is 0 Å². The molecule has 0 spiro atoms. The van der Waals surface area contributed by atoms with Crippen molar-refractivity contribution in [3.8, 4) is 5.75 Å². The van der Waals surface area contributed by atoms with Crippen molar-refractivity contribution in [1.29, 1.82) is 0 Å². The standard InChI is InChI=1S/C16H20F3NO7/c1-15(2,3)27-14(25)20-7-11(21)12(22)8-4-9(13(23)24)6-10(5-8)26-16(17,18)19/h4-6,11-12,21-22H,7H2,1-3H3,(H,20,25)(H,23,24). The van der Waals surface area contributed by atoms with Crippen molar-refractivity contribution >= 4 is 12.1 Å². The van der Waals surface area contributed by atoms with Crippen LogP contribution in [0, 0.1) is 0 Å². The molecule has 1 rings (SSSR count). The van der Waals surface area contributed by atoms with E-state index < -0.39 is 54.1 Å². The maximum Gasteiger partial charge on any atom is 0.573 e. The number of hydrogen-bond acceptors (Lipinski definition) is 6. The van der Waals surface area contributed by atoms with Crippen molar-refractivity contribution in [3.63, 3.8) is 0 Å². The van der Waals surface area contributed by atoms with E-state index in [2.05, 4.69) is 10.1 Å². The minimum atomic E-state index is -5.07. The number of alkyl halides is 3. The zero-order valence-electron chi connectivity index (χ0n) is 14.7. The number of rotatable bonds is 6. The summed E-state index contributed by atoms with van der Waals surface area (Å²) in [6, 6.07) is 2.24. The maximum atomic E-state index is 12.4. The molecule has 0 radical (unpaired) electrons. The van der Waals surface area contributed by atoms with Crippen molar-refractivity contribution in [1.82, 2.24) is 5.32 Å². The topological polar surface area (TPSA) is 125 Å². The maximum absolute atomic E-state index is 12.4. The monoisotopic (exact) mass is 395 g/mol. The Balaban J connectivity index is 2.92. The Morgan fingerprint density at radius 3 is 2.22 bits per heavy atom. The third-order valence-electron chi connectivity index (χ3n) is 2.97. The lowest BCUT2D eigenvalue weighted by Crippen LogP contribution is -2.38. The van der Waals surface area contributed by atoms with Crippen LogP contribution in [0.15, 0.2) is 18.2 Å². The molecule has 1 amide bonds. The molecule has 2 unspecified atom stereocenters. The van der Waals surface area contributed by atoms with Crippen LogP contribution in [0.5, 0.6) is 5.75 Å². The third kappa shape index (κ3) is 8.13. The molecule has 0 aliphatic rings. The first-order chi connectivity index (χ1) is 12.2. The predicted octanol–water partition coefficient (Wildman–Crippen LogP) is 2.20. The molecule has 0 bridgehead atoms. The Hall–Kier alpha value is -2.53. The van der Waals surface area contributed by atoms with Gasteiger partial charge in [0.1, 0.15) is 23.6 Å². The van der Waals surface area contributed by atoms with Crippen LogP contribution in [0.3, 0.4) is 0 Å². The molecule has 152 valence electrons. The van der Waals surface area contributed by atoms with Crippen LogP contribution in [0.25, 0.3) is 0 Å². The number of amides is 1. The molecule has 0 fully saturated rings. The van der Waals surface area contributed by atoms with E-state index in [1.165, 1.54) is 0 Å². The van der Waals surface area contributed by atoms with E-state index in [9.17, 15) is 33.0 Å². The summed E-state index contributed by atoms with van der Waals surface area (Å²) in [7, 11) is 0. The SMILES string of the molecule is CC(C)(C)OC(=O)NCC(O)C(O)c1cc(OC(F)(F)F)cc(C(=O)O)c1. The number of aliphatic hydroxyl groups excluding tert-OH is 2. The van der Waals surface area contributed by atoms with E-state index in [4.69, 9.17) is 9.84 Å². The molecule has 11 heteroatoms. The molecule has 2 atom stereocenters. The van der Waals surface area contributed by atoms with Crippen molar-refractivity contribution in [2.24, 2.45) is 0 Å². The Labute approximate surface area is 152 Å². The summed E-state index contributed by atoms with van der Waals surface area (Å²) in [6.45, 7) is 4.33. The molecule has 1 aromatic rings. The lowest BCUT2D eigenvalue weighted by molar-refractivity contribution is -0.274. The number of alkyl carbamates (subject to hydrolysis) is 1. The van der Waals surface area contributed by atoms with Crippen LogP contribution in [0.1, 0.15) is 42.8 Å². The number of carbonyl (C=O) groups is 2. The van der Waals surface area contributed by atoms with Crippen LogP contribution in [0.2, 0.25) is 0 Å². The number of aromatic carboxylic acids is 1. The zero-order chi connectivity index (χ0) is 21.0. The van der Waals surface area contributed by atoms with Gasteiger partial charge in [-0.25, -0.2) is 9.59 Å². The molecular weight excluding hydrogens is 375 g/mol. The minimum Gasteiger partial charge on any atom is -0.478 e. The van der Waals surface area contributed by atoms with Crippen LogP contribution in [0.4, 0.5) is 18.0 Å². The Kier molecular flexibility index (Phi) is 7.04. The highest BCUT2D eigenvalue weighted by atomic mass is 19.4. The largest absolute Gasteiger partial charge is 0.573 e. The molecule has 0 saturated heterocycles. The van der Waals surface area contributed by atoms with Crippen LogP contribution in [-0.2, 0) is 4.74 Å². The summed E-state index contributed by atoms with van der Waals surface area (Å²) in [5.41, 5.74) is -1.72. The molecule has 4 N–H and O–H groups in total. The number of aliphatic hydroxyl groups is 2. The van der Waals surface area contributed by atoms with Crippen molar-refractivity contribution in [2.45, 2.75) is 44.9 Å². The highest BCUT2D eigenvalue weighted by Crippen LogP contribution is 2.28. The van der Waals surface area contributed by atoms with Gasteiger partial charge >= 0.3 is 18.4 Å². The number of ether oxygens (including phenoxy) is 2. The summed E-state index contributed by atoms with van der Waals surface area (Å²) in [6.07, 6.45) is -9.40. The van der Waals surface area contributed by atoms with Crippen molar-refractivity contribution in [2.75, 3.05) is 6.54 Å². The van der Waals surface area contributed by atoms with E-state index in [0.29, 0.717) is 6.07 Å². The summed E-state index contributed by atoms with van der Waals surface area (Å²) in [5, 5.41) is 31.2. The highest BCUT2D eigenvalue weighted by Gasteiger charge is 2.32. The van der Waals surface area contributed by atoms with Gasteiger partial charge in [-0.05, 0) is 44.5 Å². The molecule has 0 aliphatic heterocycles. The second-order valence-corrected chi connectivity index (χ2v) is 6.54. The lowest BCUT2D eigenvalue weighted by Gasteiger charge is -2.22. The first-order valence-electron chi connectivity index (χ1n) is 7.65. The van der Waals surface area contributed by atoms with E-state index in [1.54, 1.807) is 20.8 Å². The predicted molar refractivity (Wildman–Crippen MR) is 85.3 cm³/mol. The van der Waals surface area contributed by atoms with Gasteiger partial charge in [0.2, 0.25) is 0 Å². The fraction of sp³-hybridized carbons (Fsp3) is 0.500. The Bertz CT molecular complexity index is 686. The smallest absolute Gasteiger partial charge is 0.478 e. The van der Waals surface area contributed by atoms with Gasteiger partial charge in [-0.15, -0.1) is 13.2 Å². The van der Waals surface area contributed by atoms with E-state index in [1.807, 2.05) is 0 Å². The fourth-order valence-electron chi connectivity index (χ4n) is 1.94. The molecule has 1 aromatic carbocycles. The average Bonchev–Trinajstić information content (AvgIpc) is 2.48. The van der Waals surface area contributed by atoms with Gasteiger partial charge in [0.25, 0.3) is 0 Å². The van der Waals surface area contributed by atoms with Gasteiger partial charge < -0.3 is 30.1 Å². The number of carbonyl (C=O) groups excluding carboxylic acids is 1. The van der Waals surface area contributed by atoms with E-state index in [-0.39, 0.29) is 5.56 Å². The summed E-state index contributed by atoms with van der Waals surface area (Å²) >= 11 is 0. The minimum absolute atomic E-state index is 0.340. The number of halogens is 3. The summed E-state index contributed by atoms with van der Waals surface area (Å²) < 4.78 is 45.7. The van der Waals surface area contributed by atoms with Gasteiger partial charge in [0, 0.05) is 6.54 Å². The molecule has 27 heavy (non-hydrogen) atoms. The molecule has 0 aliphatic carbocycles. The second-order valence-electron chi connectivity index (χ2n) is 6.54. The molecule has 0 heterocycles. The molecule has 0 saturated carbocycles. The van der Waals surface area contributed by atoms with Crippen molar-refractivity contribution in [3.05, 3.63) is 29.3 Å². The number of nitrogens with one attached hydrogen (secondary N) is 1. The first-order valence-corrected chi connectivity index (χ1v) is 7.65.